The smallest absolute Gasteiger partial charge is 0.0632 e. The van der Waals surface area contributed by atoms with Gasteiger partial charge in [-0.3, -0.25) is 4.99 Å². The van der Waals surface area contributed by atoms with Gasteiger partial charge in [0.15, 0.2) is 0 Å². The minimum atomic E-state index is 0.172. The Kier molecular flexibility index (Phi) is 4.86. The van der Waals surface area contributed by atoms with Crippen LogP contribution in [0, 0.1) is 20.8 Å². The maximum Gasteiger partial charge on any atom is 0.0632 e. The maximum absolute atomic E-state index is 4.65. The van der Waals surface area contributed by atoms with E-state index in [1.165, 1.54) is 28.2 Å². The third-order valence-electron chi connectivity index (χ3n) is 4.82. The van der Waals surface area contributed by atoms with Crippen molar-refractivity contribution in [3.05, 3.63) is 82.7 Å². The molecule has 0 N–H and O–H groups in total. The normalized spacial score (nSPS) is 12.1. The molecule has 26 heavy (non-hydrogen) atoms. The van der Waals surface area contributed by atoms with E-state index in [0.29, 0.717) is 0 Å². The third kappa shape index (κ3) is 3.80. The van der Waals surface area contributed by atoms with Crippen LogP contribution in [0.1, 0.15) is 48.8 Å². The van der Waals surface area contributed by atoms with Crippen molar-refractivity contribution in [2.45, 2.75) is 47.0 Å². The van der Waals surface area contributed by atoms with Crippen LogP contribution in [0.4, 0.5) is 5.69 Å². The summed E-state index contributed by atoms with van der Waals surface area (Å²) in [5.74, 6) is 0. The molecule has 2 heteroatoms. The van der Waals surface area contributed by atoms with Gasteiger partial charge in [0.1, 0.15) is 0 Å². The van der Waals surface area contributed by atoms with Gasteiger partial charge in [0, 0.05) is 28.9 Å². The van der Waals surface area contributed by atoms with Gasteiger partial charge < -0.3 is 4.57 Å². The van der Waals surface area contributed by atoms with Crippen LogP contribution in [0.3, 0.4) is 0 Å². The van der Waals surface area contributed by atoms with Crippen LogP contribution >= 0.6 is 0 Å². The van der Waals surface area contributed by atoms with Crippen molar-refractivity contribution in [1.82, 2.24) is 4.57 Å². The van der Waals surface area contributed by atoms with Crippen molar-refractivity contribution in [3.63, 3.8) is 0 Å². The van der Waals surface area contributed by atoms with E-state index >= 15 is 0 Å². The van der Waals surface area contributed by atoms with Gasteiger partial charge in [-0.25, -0.2) is 0 Å². The van der Waals surface area contributed by atoms with E-state index in [4.69, 9.17) is 0 Å². The summed E-state index contributed by atoms with van der Waals surface area (Å²) in [6.07, 6.45) is 1.97. The van der Waals surface area contributed by atoms with Gasteiger partial charge in [0.25, 0.3) is 0 Å². The molecule has 0 amide bonds. The van der Waals surface area contributed by atoms with Gasteiger partial charge in [0.2, 0.25) is 0 Å². The van der Waals surface area contributed by atoms with Gasteiger partial charge in [-0.2, -0.15) is 0 Å². The highest BCUT2D eigenvalue weighted by molar-refractivity contribution is 5.84. The molecule has 0 aliphatic heterocycles. The molecule has 0 saturated heterocycles. The first-order chi connectivity index (χ1) is 12.3. The van der Waals surface area contributed by atoms with E-state index in [9.17, 15) is 0 Å². The van der Waals surface area contributed by atoms with Gasteiger partial charge in [-0.05, 0) is 67.6 Å². The van der Waals surface area contributed by atoms with Gasteiger partial charge >= 0.3 is 0 Å². The van der Waals surface area contributed by atoms with E-state index in [1.54, 1.807) is 0 Å². The van der Waals surface area contributed by atoms with E-state index < -0.39 is 0 Å². The monoisotopic (exact) mass is 344 g/mol. The van der Waals surface area contributed by atoms with Crippen LogP contribution in [0.25, 0.3) is 5.69 Å². The summed E-state index contributed by atoms with van der Waals surface area (Å²) >= 11 is 0. The van der Waals surface area contributed by atoms with E-state index in [2.05, 4.69) is 93.6 Å². The molecule has 0 atom stereocenters. The molecule has 0 fully saturated rings. The molecule has 2 aromatic carbocycles. The molecule has 0 bridgehead atoms. The molecule has 1 aromatic heterocycles. The van der Waals surface area contributed by atoms with Gasteiger partial charge in [-0.1, -0.05) is 45.0 Å². The number of aryl methyl sites for hydroxylation is 2. The first-order valence-corrected chi connectivity index (χ1v) is 9.16. The van der Waals surface area contributed by atoms with Crippen LogP contribution in [0.2, 0.25) is 0 Å². The lowest BCUT2D eigenvalue weighted by molar-refractivity contribution is 0.590. The summed E-state index contributed by atoms with van der Waals surface area (Å²) in [5.41, 5.74) is 8.52. The average Bonchev–Trinajstić information content (AvgIpc) is 2.86. The number of rotatable bonds is 3. The maximum atomic E-state index is 4.65. The highest BCUT2D eigenvalue weighted by Gasteiger charge is 2.14. The van der Waals surface area contributed by atoms with Crippen molar-refractivity contribution < 1.29 is 0 Å². The molecule has 0 aliphatic rings. The molecule has 0 aliphatic carbocycles. The highest BCUT2D eigenvalue weighted by Crippen LogP contribution is 2.25. The minimum absolute atomic E-state index is 0.172. The lowest BCUT2D eigenvalue weighted by Gasteiger charge is -2.20. The largest absolute Gasteiger partial charge is 0.318 e. The number of nitrogens with zero attached hydrogens (tertiary/aromatic N) is 2. The number of aromatic nitrogens is 1. The van der Waals surface area contributed by atoms with Crippen LogP contribution in [0.15, 0.2) is 59.6 Å². The summed E-state index contributed by atoms with van der Waals surface area (Å²) in [6, 6.07) is 19.4. The van der Waals surface area contributed by atoms with Crippen molar-refractivity contribution >= 4 is 11.9 Å². The lowest BCUT2D eigenvalue weighted by Crippen LogP contribution is -2.11. The zero-order valence-electron chi connectivity index (χ0n) is 16.7. The van der Waals surface area contributed by atoms with E-state index in [1.807, 2.05) is 18.3 Å². The second-order valence-corrected chi connectivity index (χ2v) is 8.06. The SMILES string of the molecule is Cc1cccc(N=Cc2cc(C)n(-c3ccc(C(C)(C)C)cc3)c2C)c1. The predicted octanol–water partition coefficient (Wildman–Crippen LogP) is 6.45. The Morgan fingerprint density at radius 3 is 2.19 bits per heavy atom. The molecule has 3 aromatic rings. The first-order valence-electron chi connectivity index (χ1n) is 9.16. The fraction of sp³-hybridized carbons (Fsp3) is 0.292. The third-order valence-corrected chi connectivity index (χ3v) is 4.82. The zero-order valence-corrected chi connectivity index (χ0v) is 16.7. The van der Waals surface area contributed by atoms with Crippen LogP contribution in [-0.4, -0.2) is 10.8 Å². The Labute approximate surface area is 157 Å². The number of hydrogen-bond donors (Lipinski definition) is 0. The van der Waals surface area contributed by atoms with Crippen molar-refractivity contribution in [3.8, 4) is 5.69 Å². The molecule has 0 radical (unpaired) electrons. The number of hydrogen-bond acceptors (Lipinski definition) is 1. The molecule has 0 spiro atoms. The second-order valence-electron chi connectivity index (χ2n) is 8.06. The van der Waals surface area contributed by atoms with E-state index in [-0.39, 0.29) is 5.41 Å². The molecule has 2 nitrogen and oxygen atoms in total. The fourth-order valence-electron chi connectivity index (χ4n) is 3.28. The molecular weight excluding hydrogens is 316 g/mol. The number of aliphatic imine (C=N–C) groups is 1. The van der Waals surface area contributed by atoms with Gasteiger partial charge in [0.05, 0.1) is 5.69 Å². The minimum Gasteiger partial charge on any atom is -0.318 e. The van der Waals surface area contributed by atoms with Crippen LogP contribution < -0.4 is 0 Å². The quantitative estimate of drug-likeness (QED) is 0.486. The molecule has 0 unspecified atom stereocenters. The Balaban J connectivity index is 1.93. The Hall–Kier alpha value is -2.61. The Morgan fingerprint density at radius 1 is 0.885 bits per heavy atom. The summed E-state index contributed by atoms with van der Waals surface area (Å²) in [7, 11) is 0. The zero-order chi connectivity index (χ0) is 18.9. The molecular formula is C24H28N2. The lowest BCUT2D eigenvalue weighted by atomic mass is 9.87. The molecule has 134 valence electrons. The predicted molar refractivity (Wildman–Crippen MR) is 112 cm³/mol. The van der Waals surface area contributed by atoms with Gasteiger partial charge in [-0.15, -0.1) is 0 Å². The summed E-state index contributed by atoms with van der Waals surface area (Å²) < 4.78 is 2.30. The topological polar surface area (TPSA) is 17.3 Å². The molecule has 3 rings (SSSR count). The van der Waals surface area contributed by atoms with Crippen molar-refractivity contribution in [2.75, 3.05) is 0 Å². The summed E-state index contributed by atoms with van der Waals surface area (Å²) in [5, 5.41) is 0. The second kappa shape index (κ2) is 6.95. The summed E-state index contributed by atoms with van der Waals surface area (Å²) in [6.45, 7) is 13.1. The fourth-order valence-corrected chi connectivity index (χ4v) is 3.28. The summed E-state index contributed by atoms with van der Waals surface area (Å²) in [4.78, 5) is 4.65. The van der Waals surface area contributed by atoms with Crippen molar-refractivity contribution in [2.24, 2.45) is 4.99 Å². The van der Waals surface area contributed by atoms with Crippen LogP contribution in [0.5, 0.6) is 0 Å². The Morgan fingerprint density at radius 2 is 1.58 bits per heavy atom. The highest BCUT2D eigenvalue weighted by atomic mass is 15.0. The standard InChI is InChI=1S/C24H28N2/c1-17-8-7-9-22(14-17)25-16-20-15-18(2)26(19(20)3)23-12-10-21(11-13-23)24(4,5)6/h7-16H,1-6H3. The average molecular weight is 345 g/mol. The van der Waals surface area contributed by atoms with Crippen molar-refractivity contribution in [1.29, 1.82) is 0 Å². The molecule has 0 saturated carbocycles. The molecule has 1 heterocycles. The first kappa shape index (κ1) is 18.2. The van der Waals surface area contributed by atoms with E-state index in [0.717, 1.165) is 11.3 Å². The van der Waals surface area contributed by atoms with Crippen LogP contribution in [-0.2, 0) is 5.41 Å². The number of benzene rings is 2. The Bertz CT molecular complexity index is 935.